The number of aliphatic carboxylic acids is 1. The predicted molar refractivity (Wildman–Crippen MR) is 97.6 cm³/mol. The fraction of sp³-hybridized carbons (Fsp3) is 0.278. The lowest BCUT2D eigenvalue weighted by Gasteiger charge is -2.22. The summed E-state index contributed by atoms with van der Waals surface area (Å²) in [4.78, 5) is 27.8. The van der Waals surface area contributed by atoms with Gasteiger partial charge in [0, 0.05) is 28.6 Å². The number of alkyl halides is 3. The predicted octanol–water partition coefficient (Wildman–Crippen LogP) is 4.95. The molecule has 148 valence electrons. The van der Waals surface area contributed by atoms with Gasteiger partial charge < -0.3 is 9.84 Å². The van der Waals surface area contributed by atoms with Gasteiger partial charge in [-0.25, -0.2) is 0 Å². The molecule has 1 N–H and O–H groups in total. The first-order valence-electron chi connectivity index (χ1n) is 7.92. The third kappa shape index (κ3) is 3.51. The number of hydrogen-bond donors (Lipinski definition) is 1. The van der Waals surface area contributed by atoms with E-state index in [9.17, 15) is 27.9 Å². The standard InChI is InChI=1S/C18H13ClF3NO4S/c1-7-9(4-13(24)25)14-11(23-7)5-10(19)17(27-2)15(14)16(26)8-3-12(28-6-8)18(20,21)22/h3,6H,4-5H2,1-2H3,(H,24,25). The number of ketones is 1. The summed E-state index contributed by atoms with van der Waals surface area (Å²) in [6.45, 7) is 1.60. The molecule has 0 unspecified atom stereocenters. The van der Waals surface area contributed by atoms with Crippen molar-refractivity contribution in [1.82, 2.24) is 0 Å². The molecule has 3 rings (SSSR count). The Bertz CT molecular complexity index is 1010. The number of nitrogens with zero attached hydrogens (tertiary/aromatic N) is 1. The second-order valence-corrected chi connectivity index (χ2v) is 7.45. The summed E-state index contributed by atoms with van der Waals surface area (Å²) in [6.07, 6.45) is -4.83. The Kier molecular flexibility index (Phi) is 5.24. The normalized spacial score (nSPS) is 17.1. The molecule has 2 heterocycles. The van der Waals surface area contributed by atoms with Crippen LogP contribution in [-0.2, 0) is 15.7 Å². The average molecular weight is 432 g/mol. The van der Waals surface area contributed by atoms with Gasteiger partial charge in [0.2, 0.25) is 0 Å². The number of carbonyl (C=O) groups excluding carboxylic acids is 1. The van der Waals surface area contributed by atoms with Gasteiger partial charge in [-0.05, 0) is 18.6 Å². The second-order valence-electron chi connectivity index (χ2n) is 6.08. The fourth-order valence-electron chi connectivity index (χ4n) is 3.13. The van der Waals surface area contributed by atoms with Crippen molar-refractivity contribution in [1.29, 1.82) is 0 Å². The van der Waals surface area contributed by atoms with E-state index in [1.165, 1.54) is 7.11 Å². The van der Waals surface area contributed by atoms with Crippen LogP contribution in [0.3, 0.4) is 0 Å². The number of carboxylic acids is 1. The zero-order valence-electron chi connectivity index (χ0n) is 14.6. The molecular formula is C18H13ClF3NO4S. The van der Waals surface area contributed by atoms with Gasteiger partial charge in [-0.1, -0.05) is 11.6 Å². The summed E-state index contributed by atoms with van der Waals surface area (Å²) in [6, 6.07) is 0.759. The maximum atomic E-state index is 13.1. The van der Waals surface area contributed by atoms with Gasteiger partial charge >= 0.3 is 12.1 Å². The molecule has 0 fully saturated rings. The molecule has 0 spiro atoms. The van der Waals surface area contributed by atoms with Gasteiger partial charge in [0.1, 0.15) is 10.6 Å². The number of thiophene rings is 1. The van der Waals surface area contributed by atoms with E-state index in [0.717, 1.165) is 11.4 Å². The van der Waals surface area contributed by atoms with Gasteiger partial charge in [-0.15, -0.1) is 11.3 Å². The zero-order valence-corrected chi connectivity index (χ0v) is 16.2. The molecule has 0 saturated heterocycles. The van der Waals surface area contributed by atoms with E-state index in [0.29, 0.717) is 28.3 Å². The van der Waals surface area contributed by atoms with Gasteiger partial charge in [0.15, 0.2) is 5.78 Å². The molecule has 0 bridgehead atoms. The largest absolute Gasteiger partial charge is 0.495 e. The third-order valence-electron chi connectivity index (χ3n) is 4.28. The van der Waals surface area contributed by atoms with Crippen molar-refractivity contribution in [2.75, 3.05) is 7.11 Å². The Balaban J connectivity index is 2.19. The molecule has 5 nitrogen and oxygen atoms in total. The van der Waals surface area contributed by atoms with E-state index in [1.807, 2.05) is 0 Å². The highest BCUT2D eigenvalue weighted by molar-refractivity contribution is 7.10. The maximum absolute atomic E-state index is 13.1. The molecule has 1 aromatic heterocycles. The van der Waals surface area contributed by atoms with Gasteiger partial charge in [0.05, 0.1) is 29.8 Å². The maximum Gasteiger partial charge on any atom is 0.425 e. The van der Waals surface area contributed by atoms with Crippen molar-refractivity contribution in [2.45, 2.75) is 25.9 Å². The van der Waals surface area contributed by atoms with Crippen molar-refractivity contribution in [3.8, 4) is 0 Å². The molecule has 1 aliphatic heterocycles. The summed E-state index contributed by atoms with van der Waals surface area (Å²) in [5.41, 5.74) is 1.15. The Morgan fingerprint density at radius 2 is 2.07 bits per heavy atom. The average Bonchev–Trinajstić information content (AvgIpc) is 3.18. The lowest BCUT2D eigenvalue weighted by atomic mass is 9.85. The zero-order chi connectivity index (χ0) is 20.8. The molecule has 0 atom stereocenters. The van der Waals surface area contributed by atoms with Gasteiger partial charge in [0.25, 0.3) is 0 Å². The van der Waals surface area contributed by atoms with Crippen LogP contribution in [-0.4, -0.2) is 29.7 Å². The summed E-state index contributed by atoms with van der Waals surface area (Å²) in [7, 11) is 1.28. The van der Waals surface area contributed by atoms with E-state index in [-0.39, 0.29) is 33.9 Å². The quantitative estimate of drug-likeness (QED) is 0.669. The number of carboxylic acid groups (broad SMARTS) is 1. The summed E-state index contributed by atoms with van der Waals surface area (Å²) < 4.78 is 44.0. The monoisotopic (exact) mass is 431 g/mol. The van der Waals surface area contributed by atoms with Crippen molar-refractivity contribution >= 4 is 40.4 Å². The number of halogens is 4. The van der Waals surface area contributed by atoms with Crippen LogP contribution in [0.1, 0.15) is 35.0 Å². The molecule has 0 amide bonds. The first-order valence-corrected chi connectivity index (χ1v) is 9.18. The van der Waals surface area contributed by atoms with Gasteiger partial charge in [-0.2, -0.15) is 13.2 Å². The van der Waals surface area contributed by atoms with Crippen LogP contribution >= 0.6 is 22.9 Å². The van der Waals surface area contributed by atoms with Crippen LogP contribution in [0.4, 0.5) is 13.2 Å². The minimum Gasteiger partial charge on any atom is -0.495 e. The minimum absolute atomic E-state index is 0.0120. The van der Waals surface area contributed by atoms with Gasteiger partial charge in [-0.3, -0.25) is 14.6 Å². The summed E-state index contributed by atoms with van der Waals surface area (Å²) in [5, 5.41) is 10.5. The number of fused-ring (bicyclic) bond motifs is 1. The smallest absolute Gasteiger partial charge is 0.425 e. The van der Waals surface area contributed by atoms with E-state index in [1.54, 1.807) is 6.92 Å². The summed E-state index contributed by atoms with van der Waals surface area (Å²) in [5.74, 6) is -1.85. The Morgan fingerprint density at radius 1 is 1.39 bits per heavy atom. The van der Waals surface area contributed by atoms with Crippen LogP contribution in [0.15, 0.2) is 49.6 Å². The second kappa shape index (κ2) is 7.21. The number of carbonyl (C=O) groups is 2. The lowest BCUT2D eigenvalue weighted by molar-refractivity contribution is -0.136. The van der Waals surface area contributed by atoms with Crippen molar-refractivity contribution in [3.05, 3.63) is 55.1 Å². The Labute approximate surface area is 166 Å². The molecule has 1 aliphatic carbocycles. The Morgan fingerprint density at radius 3 is 2.61 bits per heavy atom. The Hall–Kier alpha value is -2.39. The topological polar surface area (TPSA) is 76.0 Å². The van der Waals surface area contributed by atoms with Crippen LogP contribution in [0, 0.1) is 0 Å². The molecular weight excluding hydrogens is 419 g/mol. The first-order chi connectivity index (χ1) is 13.0. The molecule has 10 heteroatoms. The van der Waals surface area contributed by atoms with Crippen LogP contribution in [0.2, 0.25) is 0 Å². The third-order valence-corrected chi connectivity index (χ3v) is 5.56. The fourth-order valence-corrected chi connectivity index (χ4v) is 4.18. The lowest BCUT2D eigenvalue weighted by Crippen LogP contribution is -2.20. The highest BCUT2D eigenvalue weighted by atomic mass is 35.5. The first kappa shape index (κ1) is 20.3. The number of methoxy groups -OCH3 is 1. The van der Waals surface area contributed by atoms with Crippen LogP contribution in [0.5, 0.6) is 0 Å². The number of Topliss-reactive ketones (excluding diaryl/α,β-unsaturated/α-hetero) is 1. The van der Waals surface area contributed by atoms with E-state index >= 15 is 0 Å². The van der Waals surface area contributed by atoms with Crippen molar-refractivity contribution in [2.24, 2.45) is 4.99 Å². The van der Waals surface area contributed by atoms with Crippen LogP contribution < -0.4 is 0 Å². The number of aliphatic imine (C=N–C) groups is 1. The van der Waals surface area contributed by atoms with E-state index in [2.05, 4.69) is 4.99 Å². The number of rotatable bonds is 5. The molecule has 0 aromatic carbocycles. The number of allylic oxidation sites excluding steroid dienone is 4. The van der Waals surface area contributed by atoms with Crippen molar-refractivity contribution < 1.29 is 32.6 Å². The molecule has 0 radical (unpaired) electrons. The number of ether oxygens (including phenoxy) is 1. The van der Waals surface area contributed by atoms with Crippen LogP contribution in [0.25, 0.3) is 0 Å². The highest BCUT2D eigenvalue weighted by Crippen LogP contribution is 2.43. The van der Waals surface area contributed by atoms with Crippen molar-refractivity contribution in [3.63, 3.8) is 0 Å². The van der Waals surface area contributed by atoms with E-state index < -0.39 is 29.2 Å². The SMILES string of the molecule is COC1=C(Cl)CC2=NC(C)=C(CC(=O)O)C2=C1C(=O)c1csc(C(F)(F)F)c1. The number of hydrogen-bond acceptors (Lipinski definition) is 5. The molecule has 2 aliphatic rings. The molecule has 0 saturated carbocycles. The molecule has 28 heavy (non-hydrogen) atoms. The minimum atomic E-state index is -4.57. The highest BCUT2D eigenvalue weighted by Gasteiger charge is 2.38. The summed E-state index contributed by atoms with van der Waals surface area (Å²) >= 11 is 6.63. The molecule has 1 aromatic rings. The van der Waals surface area contributed by atoms with E-state index in [4.69, 9.17) is 16.3 Å².